The Morgan fingerprint density at radius 1 is 1.37 bits per heavy atom. The maximum absolute atomic E-state index is 10.6. The van der Waals surface area contributed by atoms with Crippen LogP contribution in [0.4, 0.5) is 18.3 Å². The lowest BCUT2D eigenvalue weighted by molar-refractivity contribution is -0.192. The number of aliphatic carboxylic acids is 1. The number of hydrogen-bond acceptors (Lipinski definition) is 6. The molecule has 0 amide bonds. The van der Waals surface area contributed by atoms with E-state index in [1.807, 2.05) is 30.7 Å². The highest BCUT2D eigenvalue weighted by atomic mass is 35.5. The van der Waals surface area contributed by atoms with Gasteiger partial charge in [0, 0.05) is 24.0 Å². The Kier molecular flexibility index (Phi) is 6.84. The van der Waals surface area contributed by atoms with Crippen molar-refractivity contribution in [1.29, 1.82) is 0 Å². The largest absolute Gasteiger partial charge is 0.490 e. The molecule has 1 aliphatic carbocycles. The van der Waals surface area contributed by atoms with Gasteiger partial charge in [0.15, 0.2) is 5.13 Å². The van der Waals surface area contributed by atoms with E-state index in [1.165, 1.54) is 0 Å². The summed E-state index contributed by atoms with van der Waals surface area (Å²) in [5.74, 6) is -2.31. The fourth-order valence-corrected chi connectivity index (χ4v) is 4.31. The molecule has 0 spiro atoms. The van der Waals surface area contributed by atoms with Gasteiger partial charge in [0.25, 0.3) is 0 Å². The van der Waals surface area contributed by atoms with Gasteiger partial charge in [0.2, 0.25) is 0 Å². The molecule has 0 bridgehead atoms. The lowest BCUT2D eigenvalue weighted by atomic mass is 10.1. The molecule has 7 nitrogen and oxygen atoms in total. The second kappa shape index (κ2) is 9.19. The van der Waals surface area contributed by atoms with Gasteiger partial charge >= 0.3 is 12.1 Å². The number of hydrogen-bond donors (Lipinski definition) is 3. The highest BCUT2D eigenvalue weighted by Crippen LogP contribution is 2.33. The van der Waals surface area contributed by atoms with Crippen LogP contribution in [0.15, 0.2) is 36.9 Å². The predicted molar refractivity (Wildman–Crippen MR) is 107 cm³/mol. The molecule has 12 heteroatoms. The summed E-state index contributed by atoms with van der Waals surface area (Å²) in [6, 6.07) is 5.76. The quantitative estimate of drug-likeness (QED) is 0.541. The molecule has 1 unspecified atom stereocenters. The number of nitrogens with zero attached hydrogens (tertiary/aromatic N) is 3. The van der Waals surface area contributed by atoms with Crippen LogP contribution in [0, 0.1) is 5.92 Å². The maximum atomic E-state index is 10.6. The highest BCUT2D eigenvalue weighted by Gasteiger charge is 2.38. The lowest BCUT2D eigenvalue weighted by Gasteiger charge is -2.15. The molecule has 0 saturated heterocycles. The molecular weight excluding hydrogens is 445 g/mol. The second-order valence-electron chi connectivity index (χ2n) is 6.85. The smallest absolute Gasteiger partial charge is 0.475 e. The number of anilines is 1. The maximum Gasteiger partial charge on any atom is 0.490 e. The number of nitrogens with one attached hydrogen (secondary N) is 1. The van der Waals surface area contributed by atoms with Crippen molar-refractivity contribution < 1.29 is 28.2 Å². The van der Waals surface area contributed by atoms with Crippen LogP contribution in [-0.4, -0.2) is 49.0 Å². The summed E-state index contributed by atoms with van der Waals surface area (Å²) in [5, 5.41) is 22.4. The SMILES string of the molecule is O=C(O)C(F)(F)F.O[C@@H]1CC(Cn2ccnc2)C[C@H]1Nc1nc2cc(Cl)ccc2s1. The standard InChI is InChI=1S/C16H17ClN4OS.C2HF3O2/c17-11-1-2-15-13(7-11)20-16(23-15)19-12-5-10(6-14(12)22)8-21-4-3-18-9-21;3-2(4,5)1(6)7/h1-4,7,9-10,12,14,22H,5-6,8H2,(H,19,20);(H,6,7)/t10?,12-,14-;/m1./s1. The van der Waals surface area contributed by atoms with Gasteiger partial charge in [-0.15, -0.1) is 0 Å². The summed E-state index contributed by atoms with van der Waals surface area (Å²) in [4.78, 5) is 17.5. The van der Waals surface area contributed by atoms with E-state index in [1.54, 1.807) is 17.5 Å². The number of aromatic nitrogens is 3. The zero-order valence-electron chi connectivity index (χ0n) is 15.4. The zero-order valence-corrected chi connectivity index (χ0v) is 17.0. The number of fused-ring (bicyclic) bond motifs is 1. The fourth-order valence-electron chi connectivity index (χ4n) is 3.24. The second-order valence-corrected chi connectivity index (χ2v) is 8.32. The number of aliphatic hydroxyl groups excluding tert-OH is 1. The lowest BCUT2D eigenvalue weighted by Crippen LogP contribution is -2.27. The number of rotatable bonds is 4. The van der Waals surface area contributed by atoms with Crippen LogP contribution in [0.2, 0.25) is 5.02 Å². The molecule has 2 heterocycles. The summed E-state index contributed by atoms with van der Waals surface area (Å²) in [6.45, 7) is 0.894. The number of benzene rings is 1. The molecule has 30 heavy (non-hydrogen) atoms. The number of aliphatic hydroxyl groups is 1. The summed E-state index contributed by atoms with van der Waals surface area (Å²) < 4.78 is 34.9. The first kappa shape index (κ1) is 22.3. The average Bonchev–Trinajstić information content (AvgIpc) is 3.36. The number of carboxylic acid groups (broad SMARTS) is 1. The predicted octanol–water partition coefficient (Wildman–Crippen LogP) is 4.03. The molecule has 3 aromatic rings. The van der Waals surface area contributed by atoms with Gasteiger partial charge in [-0.1, -0.05) is 22.9 Å². The Balaban J connectivity index is 0.000000318. The number of carboxylic acids is 1. The minimum Gasteiger partial charge on any atom is -0.475 e. The van der Waals surface area contributed by atoms with Gasteiger partial charge in [-0.2, -0.15) is 13.2 Å². The van der Waals surface area contributed by atoms with Crippen molar-refractivity contribution in [1.82, 2.24) is 14.5 Å². The van der Waals surface area contributed by atoms with Crippen LogP contribution in [0.1, 0.15) is 12.8 Å². The van der Waals surface area contributed by atoms with E-state index >= 15 is 0 Å². The molecule has 0 aliphatic heterocycles. The van der Waals surface area contributed by atoms with Crippen molar-refractivity contribution in [2.75, 3.05) is 5.32 Å². The number of thiazole rings is 1. The molecule has 0 radical (unpaired) electrons. The first-order chi connectivity index (χ1) is 14.1. The Bertz CT molecular complexity index is 996. The number of halogens is 4. The highest BCUT2D eigenvalue weighted by molar-refractivity contribution is 7.22. The first-order valence-electron chi connectivity index (χ1n) is 8.88. The third-order valence-corrected chi connectivity index (χ3v) is 5.76. The van der Waals surface area contributed by atoms with Crippen LogP contribution in [0.5, 0.6) is 0 Å². The number of imidazole rings is 1. The van der Waals surface area contributed by atoms with Crippen LogP contribution in [0.3, 0.4) is 0 Å². The Morgan fingerprint density at radius 2 is 2.10 bits per heavy atom. The van der Waals surface area contributed by atoms with E-state index in [4.69, 9.17) is 21.5 Å². The molecule has 3 atom stereocenters. The van der Waals surface area contributed by atoms with Gasteiger partial charge in [0.1, 0.15) is 0 Å². The third kappa shape index (κ3) is 5.83. The van der Waals surface area contributed by atoms with E-state index in [0.717, 1.165) is 34.7 Å². The van der Waals surface area contributed by atoms with E-state index < -0.39 is 12.1 Å². The van der Waals surface area contributed by atoms with Crippen molar-refractivity contribution in [3.8, 4) is 0 Å². The molecule has 162 valence electrons. The normalized spacial score (nSPS) is 21.3. The molecule has 1 fully saturated rings. The van der Waals surface area contributed by atoms with Gasteiger partial charge in [-0.25, -0.2) is 14.8 Å². The van der Waals surface area contributed by atoms with Crippen molar-refractivity contribution in [2.45, 2.75) is 37.7 Å². The molecule has 1 aliphatic rings. The van der Waals surface area contributed by atoms with E-state index in [0.29, 0.717) is 10.9 Å². The third-order valence-electron chi connectivity index (χ3n) is 4.56. The number of carbonyl (C=O) groups is 1. The molecule has 3 N–H and O–H groups in total. The van der Waals surface area contributed by atoms with Crippen molar-refractivity contribution in [3.05, 3.63) is 41.9 Å². The van der Waals surface area contributed by atoms with E-state index in [-0.39, 0.29) is 12.1 Å². The van der Waals surface area contributed by atoms with Crippen LogP contribution in [0.25, 0.3) is 10.2 Å². The van der Waals surface area contributed by atoms with Crippen molar-refractivity contribution in [3.63, 3.8) is 0 Å². The fraction of sp³-hybridized carbons (Fsp3) is 0.389. The van der Waals surface area contributed by atoms with Crippen molar-refractivity contribution in [2.24, 2.45) is 5.92 Å². The first-order valence-corrected chi connectivity index (χ1v) is 10.1. The van der Waals surface area contributed by atoms with Crippen LogP contribution >= 0.6 is 22.9 Å². The topological polar surface area (TPSA) is 100 Å². The van der Waals surface area contributed by atoms with Gasteiger partial charge in [-0.05, 0) is 37.0 Å². The minimum atomic E-state index is -5.08. The minimum absolute atomic E-state index is 0.0413. The monoisotopic (exact) mass is 462 g/mol. The Hall–Kier alpha value is -2.37. The van der Waals surface area contributed by atoms with Crippen molar-refractivity contribution >= 4 is 44.3 Å². The van der Waals surface area contributed by atoms with Gasteiger partial charge in [-0.3, -0.25) is 0 Å². The molecule has 1 saturated carbocycles. The molecule has 1 aromatic carbocycles. The van der Waals surface area contributed by atoms with Gasteiger partial charge < -0.3 is 20.1 Å². The molecule has 4 rings (SSSR count). The summed E-state index contributed by atoms with van der Waals surface area (Å²) in [5.41, 5.74) is 0.896. The van der Waals surface area contributed by atoms with Gasteiger partial charge in [0.05, 0.1) is 28.7 Å². The number of alkyl halides is 3. The Morgan fingerprint density at radius 3 is 2.73 bits per heavy atom. The molecular formula is C18H18ClF3N4O3S. The Labute approximate surface area is 178 Å². The zero-order chi connectivity index (χ0) is 21.9. The van der Waals surface area contributed by atoms with Crippen LogP contribution in [-0.2, 0) is 11.3 Å². The van der Waals surface area contributed by atoms with E-state index in [2.05, 4.69) is 19.9 Å². The summed E-state index contributed by atoms with van der Waals surface area (Å²) in [6.07, 6.45) is 1.87. The summed E-state index contributed by atoms with van der Waals surface area (Å²) in [7, 11) is 0. The molecule has 2 aromatic heterocycles. The average molecular weight is 463 g/mol. The van der Waals surface area contributed by atoms with Crippen LogP contribution < -0.4 is 5.32 Å². The summed E-state index contributed by atoms with van der Waals surface area (Å²) >= 11 is 7.60. The van der Waals surface area contributed by atoms with E-state index in [9.17, 15) is 18.3 Å².